The first kappa shape index (κ1) is 10.9. The van der Waals surface area contributed by atoms with Gasteiger partial charge in [-0.1, -0.05) is 15.9 Å². The average molecular weight is 296 g/mol. The fourth-order valence-electron chi connectivity index (χ4n) is 1.98. The normalized spacial score (nSPS) is 16.2. The number of anilines is 1. The molecule has 2 aromatic rings. The van der Waals surface area contributed by atoms with Crippen molar-refractivity contribution in [1.29, 1.82) is 0 Å². The number of hydrogen-bond donors (Lipinski definition) is 0. The monoisotopic (exact) mass is 295 g/mol. The highest BCUT2D eigenvalue weighted by atomic mass is 79.9. The summed E-state index contributed by atoms with van der Waals surface area (Å²) in [4.78, 5) is 10.8. The standard InChI is InChI=1S/C12H11BrFN3/c13-10-1-2-11-9(3-10)5-15-12(16-11)17-6-8(4-14)7-17/h1-3,5,8H,4,6-7H2. The maximum absolute atomic E-state index is 12.4. The summed E-state index contributed by atoms with van der Waals surface area (Å²) < 4.78 is 13.4. The average Bonchev–Trinajstić information content (AvgIpc) is 2.28. The van der Waals surface area contributed by atoms with E-state index in [2.05, 4.69) is 25.9 Å². The van der Waals surface area contributed by atoms with E-state index in [1.165, 1.54) is 0 Å². The van der Waals surface area contributed by atoms with Crippen LogP contribution in [-0.4, -0.2) is 29.7 Å². The number of hydrogen-bond acceptors (Lipinski definition) is 3. The quantitative estimate of drug-likeness (QED) is 0.853. The van der Waals surface area contributed by atoms with E-state index in [9.17, 15) is 4.39 Å². The van der Waals surface area contributed by atoms with Gasteiger partial charge in [-0.15, -0.1) is 0 Å². The minimum atomic E-state index is -0.253. The third-order valence-electron chi connectivity index (χ3n) is 2.99. The summed E-state index contributed by atoms with van der Waals surface area (Å²) in [5.41, 5.74) is 0.918. The molecular weight excluding hydrogens is 285 g/mol. The largest absolute Gasteiger partial charge is 0.340 e. The molecule has 88 valence electrons. The van der Waals surface area contributed by atoms with Gasteiger partial charge in [0.2, 0.25) is 5.95 Å². The number of alkyl halides is 1. The number of halogens is 2. The molecule has 1 fully saturated rings. The van der Waals surface area contributed by atoms with Gasteiger partial charge in [-0.3, -0.25) is 4.39 Å². The Bertz CT molecular complexity index is 554. The highest BCUT2D eigenvalue weighted by Crippen LogP contribution is 2.24. The van der Waals surface area contributed by atoms with Crippen molar-refractivity contribution < 1.29 is 4.39 Å². The van der Waals surface area contributed by atoms with Crippen LogP contribution in [0.3, 0.4) is 0 Å². The summed E-state index contributed by atoms with van der Waals surface area (Å²) in [5.74, 6) is 0.851. The second-order valence-corrected chi connectivity index (χ2v) is 5.21. The van der Waals surface area contributed by atoms with E-state index in [1.807, 2.05) is 29.3 Å². The molecule has 3 nitrogen and oxygen atoms in total. The van der Waals surface area contributed by atoms with Crippen molar-refractivity contribution >= 4 is 32.8 Å². The molecular formula is C12H11BrFN3. The molecule has 1 saturated heterocycles. The van der Waals surface area contributed by atoms with E-state index in [0.717, 1.165) is 28.5 Å². The molecule has 0 saturated carbocycles. The van der Waals surface area contributed by atoms with Crippen molar-refractivity contribution in [3.63, 3.8) is 0 Å². The van der Waals surface area contributed by atoms with Crippen LogP contribution in [0, 0.1) is 5.92 Å². The summed E-state index contributed by atoms with van der Waals surface area (Å²) in [6, 6.07) is 5.90. The molecule has 5 heteroatoms. The van der Waals surface area contributed by atoms with Crippen LogP contribution < -0.4 is 4.90 Å². The fraction of sp³-hybridized carbons (Fsp3) is 0.333. The predicted molar refractivity (Wildman–Crippen MR) is 68.9 cm³/mol. The Kier molecular flexibility index (Phi) is 2.70. The number of fused-ring (bicyclic) bond motifs is 1. The minimum absolute atomic E-state index is 0.152. The molecule has 2 heterocycles. The third kappa shape index (κ3) is 1.99. The smallest absolute Gasteiger partial charge is 0.225 e. The second kappa shape index (κ2) is 4.22. The molecule has 1 aromatic carbocycles. The fourth-order valence-corrected chi connectivity index (χ4v) is 2.36. The predicted octanol–water partition coefficient (Wildman–Crippen LogP) is 2.80. The Hall–Kier alpha value is -1.23. The topological polar surface area (TPSA) is 29.0 Å². The van der Waals surface area contributed by atoms with Crippen molar-refractivity contribution in [3.8, 4) is 0 Å². The highest BCUT2D eigenvalue weighted by molar-refractivity contribution is 9.10. The van der Waals surface area contributed by atoms with Crippen LogP contribution in [0.4, 0.5) is 10.3 Å². The summed E-state index contributed by atoms with van der Waals surface area (Å²) >= 11 is 3.41. The molecule has 1 aliphatic rings. The van der Waals surface area contributed by atoms with E-state index in [1.54, 1.807) is 0 Å². The van der Waals surface area contributed by atoms with Gasteiger partial charge in [0.25, 0.3) is 0 Å². The summed E-state index contributed by atoms with van der Waals surface area (Å²) in [5, 5.41) is 1.01. The molecule has 3 rings (SSSR count). The SMILES string of the molecule is FCC1CN(c2ncc3cc(Br)ccc3n2)C1. The van der Waals surface area contributed by atoms with Gasteiger partial charge in [0.15, 0.2) is 0 Å². The van der Waals surface area contributed by atoms with Crippen LogP contribution in [0.15, 0.2) is 28.9 Å². The molecule has 1 aliphatic heterocycles. The zero-order chi connectivity index (χ0) is 11.8. The lowest BCUT2D eigenvalue weighted by Crippen LogP contribution is -2.48. The lowest BCUT2D eigenvalue weighted by atomic mass is 10.0. The van der Waals surface area contributed by atoms with Gasteiger partial charge < -0.3 is 4.90 Å². The van der Waals surface area contributed by atoms with Crippen LogP contribution in [0.2, 0.25) is 0 Å². The van der Waals surface area contributed by atoms with E-state index in [-0.39, 0.29) is 12.6 Å². The third-order valence-corrected chi connectivity index (χ3v) is 3.48. The van der Waals surface area contributed by atoms with Crippen LogP contribution in [-0.2, 0) is 0 Å². The molecule has 0 bridgehead atoms. The second-order valence-electron chi connectivity index (χ2n) is 4.30. The van der Waals surface area contributed by atoms with Crippen LogP contribution >= 0.6 is 15.9 Å². The first-order chi connectivity index (χ1) is 8.26. The zero-order valence-corrected chi connectivity index (χ0v) is 10.7. The van der Waals surface area contributed by atoms with Crippen molar-refractivity contribution in [1.82, 2.24) is 9.97 Å². The number of aromatic nitrogens is 2. The van der Waals surface area contributed by atoms with Gasteiger partial charge >= 0.3 is 0 Å². The molecule has 1 aromatic heterocycles. The van der Waals surface area contributed by atoms with Crippen LogP contribution in [0.25, 0.3) is 10.9 Å². The first-order valence-corrected chi connectivity index (χ1v) is 6.29. The number of nitrogens with zero attached hydrogens (tertiary/aromatic N) is 3. The highest BCUT2D eigenvalue weighted by Gasteiger charge is 2.28. The number of rotatable bonds is 2. The maximum Gasteiger partial charge on any atom is 0.225 e. The first-order valence-electron chi connectivity index (χ1n) is 5.49. The van der Waals surface area contributed by atoms with Crippen LogP contribution in [0.5, 0.6) is 0 Å². The van der Waals surface area contributed by atoms with E-state index >= 15 is 0 Å². The molecule has 0 atom stereocenters. The van der Waals surface area contributed by atoms with Gasteiger partial charge in [0.05, 0.1) is 12.2 Å². The molecule has 0 aliphatic carbocycles. The number of benzene rings is 1. The van der Waals surface area contributed by atoms with E-state index in [0.29, 0.717) is 5.95 Å². The van der Waals surface area contributed by atoms with Gasteiger partial charge in [0, 0.05) is 35.1 Å². The Balaban J connectivity index is 1.90. The summed E-state index contributed by atoms with van der Waals surface area (Å²) in [7, 11) is 0. The van der Waals surface area contributed by atoms with Gasteiger partial charge in [0.1, 0.15) is 0 Å². The Morgan fingerprint density at radius 3 is 3.00 bits per heavy atom. The van der Waals surface area contributed by atoms with E-state index in [4.69, 9.17) is 0 Å². The van der Waals surface area contributed by atoms with Crippen molar-refractivity contribution in [2.75, 3.05) is 24.7 Å². The van der Waals surface area contributed by atoms with Crippen LogP contribution in [0.1, 0.15) is 0 Å². The molecule has 0 spiro atoms. The van der Waals surface area contributed by atoms with Gasteiger partial charge in [-0.2, -0.15) is 0 Å². The van der Waals surface area contributed by atoms with Crippen molar-refractivity contribution in [3.05, 3.63) is 28.9 Å². The molecule has 0 amide bonds. The van der Waals surface area contributed by atoms with Gasteiger partial charge in [-0.05, 0) is 18.2 Å². The lowest BCUT2D eigenvalue weighted by molar-refractivity contribution is 0.303. The Morgan fingerprint density at radius 2 is 2.24 bits per heavy atom. The zero-order valence-electron chi connectivity index (χ0n) is 9.11. The molecule has 0 unspecified atom stereocenters. The Morgan fingerprint density at radius 1 is 1.41 bits per heavy atom. The van der Waals surface area contributed by atoms with E-state index < -0.39 is 0 Å². The Labute approximate surface area is 107 Å². The molecule has 17 heavy (non-hydrogen) atoms. The lowest BCUT2D eigenvalue weighted by Gasteiger charge is -2.37. The molecule has 0 radical (unpaired) electrons. The molecule has 0 N–H and O–H groups in total. The van der Waals surface area contributed by atoms with Crippen molar-refractivity contribution in [2.45, 2.75) is 0 Å². The van der Waals surface area contributed by atoms with Gasteiger partial charge in [-0.25, -0.2) is 9.97 Å². The van der Waals surface area contributed by atoms with Crippen molar-refractivity contribution in [2.24, 2.45) is 5.92 Å². The maximum atomic E-state index is 12.4. The minimum Gasteiger partial charge on any atom is -0.340 e. The summed E-state index contributed by atoms with van der Waals surface area (Å²) in [6.07, 6.45) is 1.81. The summed E-state index contributed by atoms with van der Waals surface area (Å²) in [6.45, 7) is 1.19.